The zero-order valence-corrected chi connectivity index (χ0v) is 13.0. The largest absolute Gasteiger partial charge is 0.384 e. The van der Waals surface area contributed by atoms with Gasteiger partial charge in [-0.3, -0.25) is 4.79 Å². The number of hydrogen-bond acceptors (Lipinski definition) is 3. The van der Waals surface area contributed by atoms with Crippen molar-refractivity contribution in [1.82, 2.24) is 5.32 Å². The first-order valence-electron chi connectivity index (χ1n) is 6.33. The predicted octanol–water partition coefficient (Wildman–Crippen LogP) is 2.98. The number of nitrogens with one attached hydrogen (secondary N) is 1. The Morgan fingerprint density at radius 1 is 1.38 bits per heavy atom. The van der Waals surface area contributed by atoms with Crippen molar-refractivity contribution in [3.63, 3.8) is 0 Å². The van der Waals surface area contributed by atoms with Gasteiger partial charge in [-0.05, 0) is 42.8 Å². The molecule has 0 fully saturated rings. The first kappa shape index (κ1) is 15.6. The van der Waals surface area contributed by atoms with Gasteiger partial charge in [0.2, 0.25) is 0 Å². The lowest BCUT2D eigenvalue weighted by atomic mass is 10.0. The van der Waals surface area contributed by atoms with Gasteiger partial charge < -0.3 is 10.4 Å². The van der Waals surface area contributed by atoms with Crippen LogP contribution >= 0.6 is 22.9 Å². The van der Waals surface area contributed by atoms with E-state index in [1.54, 1.807) is 18.2 Å². The molecule has 21 heavy (non-hydrogen) atoms. The van der Waals surface area contributed by atoms with Gasteiger partial charge in [0, 0.05) is 16.0 Å². The summed E-state index contributed by atoms with van der Waals surface area (Å²) in [5, 5.41) is 11.6. The van der Waals surface area contributed by atoms with Gasteiger partial charge in [0.25, 0.3) is 5.91 Å². The summed E-state index contributed by atoms with van der Waals surface area (Å²) in [6.07, 6.45) is 0. The van der Waals surface area contributed by atoms with Crippen molar-refractivity contribution < 1.29 is 9.90 Å². The Kier molecular flexibility index (Phi) is 5.40. The molecule has 1 aromatic heterocycles. The Morgan fingerprint density at radius 2 is 2.19 bits per heavy atom. The minimum Gasteiger partial charge on any atom is -0.384 e. The summed E-state index contributed by atoms with van der Waals surface area (Å²) in [7, 11) is 0. The third kappa shape index (κ3) is 4.33. The van der Waals surface area contributed by atoms with E-state index in [2.05, 4.69) is 17.2 Å². The maximum absolute atomic E-state index is 12.1. The van der Waals surface area contributed by atoms with Crippen molar-refractivity contribution in [1.29, 1.82) is 0 Å². The number of aliphatic hydroxyl groups is 1. The molecular weight excluding hydrogens is 306 g/mol. The average molecular weight is 320 g/mol. The Balaban J connectivity index is 2.04. The lowest BCUT2D eigenvalue weighted by Gasteiger charge is -2.06. The lowest BCUT2D eigenvalue weighted by Crippen LogP contribution is -2.22. The van der Waals surface area contributed by atoms with Gasteiger partial charge in [0.05, 0.1) is 10.9 Å². The summed E-state index contributed by atoms with van der Waals surface area (Å²) >= 11 is 7.30. The van der Waals surface area contributed by atoms with Crippen LogP contribution in [0, 0.1) is 18.8 Å². The molecule has 1 amide bonds. The summed E-state index contributed by atoms with van der Waals surface area (Å²) in [4.78, 5) is 13.1. The molecule has 2 N–H and O–H groups in total. The highest BCUT2D eigenvalue weighted by molar-refractivity contribution is 7.16. The lowest BCUT2D eigenvalue weighted by molar-refractivity contribution is 0.0951. The molecule has 0 spiro atoms. The van der Waals surface area contributed by atoms with Gasteiger partial charge in [-0.25, -0.2) is 0 Å². The summed E-state index contributed by atoms with van der Waals surface area (Å²) in [6, 6.07) is 9.01. The van der Waals surface area contributed by atoms with E-state index < -0.39 is 0 Å². The maximum Gasteiger partial charge on any atom is 0.251 e. The van der Waals surface area contributed by atoms with Crippen molar-refractivity contribution in [3.05, 3.63) is 56.2 Å². The summed E-state index contributed by atoms with van der Waals surface area (Å²) in [5.74, 6) is 5.31. The van der Waals surface area contributed by atoms with Gasteiger partial charge >= 0.3 is 0 Å². The third-order valence-corrected chi connectivity index (χ3v) is 4.07. The van der Waals surface area contributed by atoms with Crippen LogP contribution < -0.4 is 5.32 Å². The van der Waals surface area contributed by atoms with Crippen molar-refractivity contribution in [2.45, 2.75) is 13.5 Å². The van der Waals surface area contributed by atoms with Crippen LogP contribution in [0.5, 0.6) is 0 Å². The Labute approximate surface area is 132 Å². The topological polar surface area (TPSA) is 49.3 Å². The standard InChI is InChI=1S/C16H14ClNO2S/c1-11-9-13(5-4-12(11)3-2-8-19)16(20)18-10-14-6-7-15(17)21-14/h4-7,9,19H,8,10H2,1H3,(H,18,20). The molecule has 0 unspecified atom stereocenters. The van der Waals surface area contributed by atoms with E-state index in [0.29, 0.717) is 16.4 Å². The number of carbonyl (C=O) groups excluding carboxylic acids is 1. The molecule has 2 rings (SSSR count). The second-order valence-electron chi connectivity index (χ2n) is 4.38. The minimum absolute atomic E-state index is 0.135. The van der Waals surface area contributed by atoms with E-state index in [4.69, 9.17) is 16.7 Å². The van der Waals surface area contributed by atoms with E-state index >= 15 is 0 Å². The van der Waals surface area contributed by atoms with Gasteiger partial charge in [-0.1, -0.05) is 23.4 Å². The Morgan fingerprint density at radius 3 is 2.81 bits per heavy atom. The molecule has 3 nitrogen and oxygen atoms in total. The molecule has 0 bridgehead atoms. The first-order chi connectivity index (χ1) is 10.1. The van der Waals surface area contributed by atoms with Crippen LogP contribution in [0.3, 0.4) is 0 Å². The third-order valence-electron chi connectivity index (χ3n) is 2.84. The first-order valence-corrected chi connectivity index (χ1v) is 7.52. The second kappa shape index (κ2) is 7.28. The van der Waals surface area contributed by atoms with Crippen molar-refractivity contribution >= 4 is 28.8 Å². The zero-order valence-electron chi connectivity index (χ0n) is 11.4. The quantitative estimate of drug-likeness (QED) is 0.855. The number of carbonyl (C=O) groups is 1. The Hall–Kier alpha value is -1.80. The van der Waals surface area contributed by atoms with Crippen LogP contribution in [0.4, 0.5) is 0 Å². The molecule has 0 radical (unpaired) electrons. The molecule has 1 aromatic carbocycles. The minimum atomic E-state index is -0.176. The molecule has 2 aromatic rings. The molecular formula is C16H14ClNO2S. The number of aliphatic hydroxyl groups excluding tert-OH is 1. The van der Waals surface area contributed by atoms with E-state index in [9.17, 15) is 4.79 Å². The van der Waals surface area contributed by atoms with E-state index in [1.807, 2.05) is 19.1 Å². The number of hydrogen-bond donors (Lipinski definition) is 2. The number of halogens is 1. The summed E-state index contributed by atoms with van der Waals surface area (Å²) in [5.41, 5.74) is 2.30. The number of benzene rings is 1. The van der Waals surface area contributed by atoms with Crippen LogP contribution in [-0.2, 0) is 6.54 Å². The van der Waals surface area contributed by atoms with E-state index in [1.165, 1.54) is 11.3 Å². The highest BCUT2D eigenvalue weighted by Crippen LogP contribution is 2.21. The monoisotopic (exact) mass is 319 g/mol. The fourth-order valence-electron chi connectivity index (χ4n) is 1.80. The predicted molar refractivity (Wildman–Crippen MR) is 85.6 cm³/mol. The van der Waals surface area contributed by atoms with Gasteiger partial charge in [-0.15, -0.1) is 11.3 Å². The van der Waals surface area contributed by atoms with Gasteiger partial charge in [0.15, 0.2) is 0 Å². The molecule has 108 valence electrons. The molecule has 0 atom stereocenters. The molecule has 1 heterocycles. The van der Waals surface area contributed by atoms with Gasteiger partial charge in [-0.2, -0.15) is 0 Å². The van der Waals surface area contributed by atoms with E-state index in [-0.39, 0.29) is 12.5 Å². The normalized spacial score (nSPS) is 9.86. The van der Waals surface area contributed by atoms with Crippen LogP contribution in [0.25, 0.3) is 0 Å². The smallest absolute Gasteiger partial charge is 0.251 e. The van der Waals surface area contributed by atoms with E-state index in [0.717, 1.165) is 16.0 Å². The average Bonchev–Trinajstić information content (AvgIpc) is 2.89. The molecule has 0 aliphatic carbocycles. The van der Waals surface area contributed by atoms with Gasteiger partial charge in [0.1, 0.15) is 6.61 Å². The fourth-order valence-corrected chi connectivity index (χ4v) is 2.82. The summed E-state index contributed by atoms with van der Waals surface area (Å²) in [6.45, 7) is 2.17. The van der Waals surface area contributed by atoms with Crippen LogP contribution in [-0.4, -0.2) is 17.6 Å². The molecule has 0 saturated heterocycles. The van der Waals surface area contributed by atoms with Crippen LogP contribution in [0.15, 0.2) is 30.3 Å². The van der Waals surface area contributed by atoms with Crippen molar-refractivity contribution in [2.75, 3.05) is 6.61 Å². The maximum atomic E-state index is 12.1. The number of aryl methyl sites for hydroxylation is 1. The molecule has 5 heteroatoms. The molecule has 0 aliphatic rings. The van der Waals surface area contributed by atoms with Crippen LogP contribution in [0.2, 0.25) is 4.34 Å². The van der Waals surface area contributed by atoms with Crippen LogP contribution in [0.1, 0.15) is 26.4 Å². The van der Waals surface area contributed by atoms with Crippen molar-refractivity contribution in [3.8, 4) is 11.8 Å². The molecule has 0 saturated carbocycles. The highest BCUT2D eigenvalue weighted by atomic mass is 35.5. The second-order valence-corrected chi connectivity index (χ2v) is 6.18. The number of amides is 1. The number of thiophene rings is 1. The zero-order chi connectivity index (χ0) is 15.2. The van der Waals surface area contributed by atoms with Crippen molar-refractivity contribution in [2.24, 2.45) is 0 Å². The summed E-state index contributed by atoms with van der Waals surface area (Å²) < 4.78 is 0.710. The Bertz CT molecular complexity index is 713. The molecule has 0 aliphatic heterocycles. The fraction of sp³-hybridized carbons (Fsp3) is 0.188. The SMILES string of the molecule is Cc1cc(C(=O)NCc2ccc(Cl)s2)ccc1C#CCO. The number of rotatable bonds is 3. The highest BCUT2D eigenvalue weighted by Gasteiger charge is 2.07.